The third kappa shape index (κ3) is 6.08. The molecular formula is C15H22N2O3S. The molecule has 1 amide bonds. The van der Waals surface area contributed by atoms with Crippen molar-refractivity contribution in [3.63, 3.8) is 0 Å². The SMILES string of the molecule is CSCCC(NC(=O)CC(C)c1ccc(N)cc1)C(=O)O. The van der Waals surface area contributed by atoms with Crippen LogP contribution < -0.4 is 11.1 Å². The number of hydrogen-bond donors (Lipinski definition) is 3. The lowest BCUT2D eigenvalue weighted by atomic mass is 9.97. The van der Waals surface area contributed by atoms with Crippen LogP contribution in [0.3, 0.4) is 0 Å². The molecule has 1 aromatic rings. The van der Waals surface area contributed by atoms with Crippen LogP contribution in [0, 0.1) is 0 Å². The molecule has 0 heterocycles. The lowest BCUT2D eigenvalue weighted by Gasteiger charge is -2.16. The smallest absolute Gasteiger partial charge is 0.326 e. The quantitative estimate of drug-likeness (QED) is 0.639. The molecule has 0 saturated heterocycles. The molecule has 0 aliphatic rings. The average molecular weight is 310 g/mol. The first-order chi connectivity index (χ1) is 9.93. The summed E-state index contributed by atoms with van der Waals surface area (Å²) in [7, 11) is 0. The van der Waals surface area contributed by atoms with E-state index < -0.39 is 12.0 Å². The summed E-state index contributed by atoms with van der Waals surface area (Å²) in [4.78, 5) is 23.1. The molecule has 21 heavy (non-hydrogen) atoms. The van der Waals surface area contributed by atoms with Crippen LogP contribution in [0.1, 0.15) is 31.2 Å². The van der Waals surface area contributed by atoms with Crippen molar-refractivity contribution in [3.8, 4) is 0 Å². The highest BCUT2D eigenvalue weighted by Crippen LogP contribution is 2.20. The van der Waals surface area contributed by atoms with Crippen LogP contribution in [0.4, 0.5) is 5.69 Å². The Hall–Kier alpha value is -1.69. The highest BCUT2D eigenvalue weighted by molar-refractivity contribution is 7.98. The largest absolute Gasteiger partial charge is 0.480 e. The zero-order valence-corrected chi connectivity index (χ0v) is 13.2. The van der Waals surface area contributed by atoms with Crippen LogP contribution >= 0.6 is 11.8 Å². The van der Waals surface area contributed by atoms with E-state index in [-0.39, 0.29) is 18.2 Å². The van der Waals surface area contributed by atoms with Gasteiger partial charge >= 0.3 is 5.97 Å². The first-order valence-corrected chi connectivity index (χ1v) is 8.20. The van der Waals surface area contributed by atoms with Gasteiger partial charge in [-0.25, -0.2) is 4.79 Å². The maximum atomic E-state index is 12.0. The van der Waals surface area contributed by atoms with Crippen molar-refractivity contribution >= 4 is 29.3 Å². The Morgan fingerprint density at radius 3 is 2.48 bits per heavy atom. The van der Waals surface area contributed by atoms with Crippen molar-refractivity contribution in [2.75, 3.05) is 17.7 Å². The summed E-state index contributed by atoms with van der Waals surface area (Å²) in [5.41, 5.74) is 7.32. The number of benzene rings is 1. The molecule has 0 aromatic heterocycles. The number of nitrogens with two attached hydrogens (primary N) is 1. The second-order valence-electron chi connectivity index (χ2n) is 5.01. The minimum atomic E-state index is -0.988. The number of carbonyl (C=O) groups excluding carboxylic acids is 1. The van der Waals surface area contributed by atoms with Crippen molar-refractivity contribution in [2.45, 2.75) is 31.7 Å². The van der Waals surface area contributed by atoms with Crippen molar-refractivity contribution in [1.29, 1.82) is 0 Å². The van der Waals surface area contributed by atoms with Gasteiger partial charge in [-0.3, -0.25) is 4.79 Å². The van der Waals surface area contributed by atoms with Gasteiger partial charge in [-0.1, -0.05) is 19.1 Å². The van der Waals surface area contributed by atoms with Crippen LogP contribution in [0.2, 0.25) is 0 Å². The number of thioether (sulfide) groups is 1. The molecule has 2 atom stereocenters. The molecular weight excluding hydrogens is 288 g/mol. The van der Waals surface area contributed by atoms with E-state index >= 15 is 0 Å². The Morgan fingerprint density at radius 1 is 1.33 bits per heavy atom. The van der Waals surface area contributed by atoms with Gasteiger partial charge in [0.05, 0.1) is 0 Å². The molecule has 0 bridgehead atoms. The molecule has 2 unspecified atom stereocenters. The molecule has 1 rings (SSSR count). The van der Waals surface area contributed by atoms with E-state index in [9.17, 15) is 9.59 Å². The number of nitrogens with one attached hydrogen (secondary N) is 1. The first kappa shape index (κ1) is 17.4. The fraction of sp³-hybridized carbons (Fsp3) is 0.467. The Morgan fingerprint density at radius 2 is 1.95 bits per heavy atom. The van der Waals surface area contributed by atoms with Crippen LogP contribution in [0.5, 0.6) is 0 Å². The maximum Gasteiger partial charge on any atom is 0.326 e. The number of nitrogen functional groups attached to an aromatic ring is 1. The van der Waals surface area contributed by atoms with Crippen molar-refractivity contribution in [1.82, 2.24) is 5.32 Å². The maximum absolute atomic E-state index is 12.0. The number of aliphatic carboxylic acids is 1. The number of hydrogen-bond acceptors (Lipinski definition) is 4. The molecule has 0 aliphatic carbocycles. The minimum absolute atomic E-state index is 0.0144. The number of anilines is 1. The van der Waals surface area contributed by atoms with E-state index in [0.29, 0.717) is 17.9 Å². The molecule has 0 radical (unpaired) electrons. The normalized spacial score (nSPS) is 13.4. The van der Waals surface area contributed by atoms with E-state index in [1.165, 1.54) is 0 Å². The van der Waals surface area contributed by atoms with E-state index in [1.807, 2.05) is 25.3 Å². The van der Waals surface area contributed by atoms with E-state index in [1.54, 1.807) is 23.9 Å². The molecule has 4 N–H and O–H groups in total. The predicted molar refractivity (Wildman–Crippen MR) is 86.5 cm³/mol. The second kappa shape index (κ2) is 8.56. The Bertz CT molecular complexity index is 476. The number of rotatable bonds is 8. The summed E-state index contributed by atoms with van der Waals surface area (Å²) in [6, 6.07) is 6.54. The second-order valence-corrected chi connectivity index (χ2v) is 6.00. The van der Waals surface area contributed by atoms with Gasteiger partial charge < -0.3 is 16.2 Å². The zero-order valence-electron chi connectivity index (χ0n) is 12.3. The molecule has 116 valence electrons. The minimum Gasteiger partial charge on any atom is -0.480 e. The fourth-order valence-electron chi connectivity index (χ4n) is 1.97. The molecule has 0 aliphatic heterocycles. The molecule has 0 fully saturated rings. The zero-order chi connectivity index (χ0) is 15.8. The van der Waals surface area contributed by atoms with Gasteiger partial charge in [-0.15, -0.1) is 0 Å². The predicted octanol–water partition coefficient (Wildman–Crippen LogP) is 2.08. The standard InChI is InChI=1S/C15H22N2O3S/c1-10(11-3-5-12(16)6-4-11)9-14(18)17-13(15(19)20)7-8-21-2/h3-6,10,13H,7-9,16H2,1-2H3,(H,17,18)(H,19,20). The third-order valence-electron chi connectivity index (χ3n) is 3.24. The van der Waals surface area contributed by atoms with Gasteiger partial charge in [-0.05, 0) is 42.0 Å². The van der Waals surface area contributed by atoms with Gasteiger partial charge in [0.1, 0.15) is 6.04 Å². The molecule has 5 nitrogen and oxygen atoms in total. The van der Waals surface area contributed by atoms with Crippen LogP contribution in [0.15, 0.2) is 24.3 Å². The lowest BCUT2D eigenvalue weighted by molar-refractivity contribution is -0.141. The van der Waals surface area contributed by atoms with Gasteiger partial charge in [0.15, 0.2) is 0 Å². The molecule has 0 saturated carbocycles. The summed E-state index contributed by atoms with van der Waals surface area (Å²) in [6.07, 6.45) is 2.59. The van der Waals surface area contributed by atoms with Crippen molar-refractivity contribution in [3.05, 3.63) is 29.8 Å². The van der Waals surface area contributed by atoms with Gasteiger partial charge in [0, 0.05) is 12.1 Å². The highest BCUT2D eigenvalue weighted by atomic mass is 32.2. The van der Waals surface area contributed by atoms with Crippen LogP contribution in [-0.4, -0.2) is 35.0 Å². The topological polar surface area (TPSA) is 92.4 Å². The first-order valence-electron chi connectivity index (χ1n) is 6.80. The monoisotopic (exact) mass is 310 g/mol. The summed E-state index contributed by atoms with van der Waals surface area (Å²) >= 11 is 1.56. The number of carbonyl (C=O) groups is 2. The summed E-state index contributed by atoms with van der Waals surface area (Å²) in [5.74, 6) is -0.518. The van der Waals surface area contributed by atoms with E-state index in [4.69, 9.17) is 10.8 Å². The summed E-state index contributed by atoms with van der Waals surface area (Å²) in [6.45, 7) is 1.93. The number of carboxylic acids is 1. The van der Waals surface area contributed by atoms with Crippen molar-refractivity contribution < 1.29 is 14.7 Å². The number of amides is 1. The molecule has 1 aromatic carbocycles. The van der Waals surface area contributed by atoms with Crippen LogP contribution in [0.25, 0.3) is 0 Å². The highest BCUT2D eigenvalue weighted by Gasteiger charge is 2.20. The number of carboxylic acid groups (broad SMARTS) is 1. The lowest BCUT2D eigenvalue weighted by Crippen LogP contribution is -2.41. The third-order valence-corrected chi connectivity index (χ3v) is 3.88. The van der Waals surface area contributed by atoms with Gasteiger partial charge in [0.2, 0.25) is 5.91 Å². The fourth-order valence-corrected chi connectivity index (χ4v) is 2.44. The van der Waals surface area contributed by atoms with Crippen molar-refractivity contribution in [2.24, 2.45) is 0 Å². The molecule has 0 spiro atoms. The van der Waals surface area contributed by atoms with Crippen LogP contribution in [-0.2, 0) is 9.59 Å². The summed E-state index contributed by atoms with van der Waals surface area (Å²) < 4.78 is 0. The Balaban J connectivity index is 2.54. The van der Waals surface area contributed by atoms with E-state index in [2.05, 4.69) is 5.32 Å². The summed E-state index contributed by atoms with van der Waals surface area (Å²) in [5, 5.41) is 11.7. The average Bonchev–Trinajstić information content (AvgIpc) is 2.43. The van der Waals surface area contributed by atoms with Gasteiger partial charge in [-0.2, -0.15) is 11.8 Å². The van der Waals surface area contributed by atoms with Gasteiger partial charge in [0.25, 0.3) is 0 Å². The Labute approximate surface area is 129 Å². The Kier molecular flexibility index (Phi) is 7.08. The van der Waals surface area contributed by atoms with E-state index in [0.717, 1.165) is 5.56 Å². The molecule has 6 heteroatoms.